The van der Waals surface area contributed by atoms with Gasteiger partial charge in [-0.2, -0.15) is 13.1 Å². The molecular formula is C10H21BrN2O4S. The van der Waals surface area contributed by atoms with E-state index in [9.17, 15) is 13.2 Å². The number of hydrogen-bond acceptors (Lipinski definition) is 4. The summed E-state index contributed by atoms with van der Waals surface area (Å²) >= 11 is 3.32. The van der Waals surface area contributed by atoms with Gasteiger partial charge in [-0.3, -0.25) is 0 Å². The van der Waals surface area contributed by atoms with E-state index in [1.807, 2.05) is 0 Å². The minimum Gasteiger partial charge on any atom is -0.446 e. The number of ether oxygens (including phenoxy) is 1. The molecule has 0 fully saturated rings. The zero-order chi connectivity index (χ0) is 14.0. The molecule has 1 amide bonds. The van der Waals surface area contributed by atoms with Crippen LogP contribution in [0.2, 0.25) is 0 Å². The Morgan fingerprint density at radius 2 is 1.83 bits per heavy atom. The van der Waals surface area contributed by atoms with Crippen molar-refractivity contribution in [3.63, 3.8) is 0 Å². The summed E-state index contributed by atoms with van der Waals surface area (Å²) < 4.78 is 31.5. The lowest BCUT2D eigenvalue weighted by Gasteiger charge is -2.10. The van der Waals surface area contributed by atoms with Gasteiger partial charge in [0.15, 0.2) is 0 Å². The van der Waals surface area contributed by atoms with Crippen LogP contribution in [0.5, 0.6) is 0 Å². The first kappa shape index (κ1) is 17.7. The monoisotopic (exact) mass is 344 g/mol. The van der Waals surface area contributed by atoms with Gasteiger partial charge in [-0.15, -0.1) is 0 Å². The Kier molecular flexibility index (Phi) is 9.39. The summed E-state index contributed by atoms with van der Waals surface area (Å²) in [7, 11) is -3.80. The van der Waals surface area contributed by atoms with Gasteiger partial charge in [-0.1, -0.05) is 28.8 Å². The maximum Gasteiger partial charge on any atom is 0.422 e. The first-order valence-corrected chi connectivity index (χ1v) is 8.52. The molecule has 0 aliphatic carbocycles. The lowest BCUT2D eigenvalue weighted by atomic mass is 10.2. The Hall–Kier alpha value is -0.340. The van der Waals surface area contributed by atoms with E-state index >= 15 is 0 Å². The molecule has 0 bridgehead atoms. The number of halogens is 1. The fraction of sp³-hybridized carbons (Fsp3) is 0.900. The summed E-state index contributed by atoms with van der Waals surface area (Å²) in [6.07, 6.45) is 2.50. The molecule has 0 unspecified atom stereocenters. The van der Waals surface area contributed by atoms with Gasteiger partial charge in [0.2, 0.25) is 0 Å². The third-order valence-electron chi connectivity index (χ3n) is 1.91. The van der Waals surface area contributed by atoms with Gasteiger partial charge < -0.3 is 4.74 Å². The Labute approximate surface area is 117 Å². The second-order valence-corrected chi connectivity index (χ2v) is 6.35. The molecule has 108 valence electrons. The number of unbranched alkanes of at least 4 members (excludes halogenated alkanes) is 3. The van der Waals surface area contributed by atoms with Crippen molar-refractivity contribution >= 4 is 32.2 Å². The van der Waals surface area contributed by atoms with Crippen LogP contribution in [0.3, 0.4) is 0 Å². The summed E-state index contributed by atoms with van der Waals surface area (Å²) in [4.78, 5) is 11.1. The molecule has 0 saturated heterocycles. The first-order chi connectivity index (χ1) is 8.37. The van der Waals surface area contributed by atoms with Crippen LogP contribution in [0.15, 0.2) is 0 Å². The number of carbonyl (C=O) groups excluding carboxylic acids is 1. The van der Waals surface area contributed by atoms with Crippen molar-refractivity contribution in [2.75, 3.05) is 11.9 Å². The van der Waals surface area contributed by atoms with E-state index in [0.29, 0.717) is 6.54 Å². The molecule has 18 heavy (non-hydrogen) atoms. The molecule has 0 aromatic carbocycles. The Morgan fingerprint density at radius 3 is 2.39 bits per heavy atom. The molecule has 8 heteroatoms. The minimum absolute atomic E-state index is 0.312. The van der Waals surface area contributed by atoms with Crippen LogP contribution in [0, 0.1) is 0 Å². The molecule has 0 rings (SSSR count). The van der Waals surface area contributed by atoms with Crippen LogP contribution in [0.25, 0.3) is 0 Å². The van der Waals surface area contributed by atoms with Crippen molar-refractivity contribution in [2.45, 2.75) is 45.6 Å². The van der Waals surface area contributed by atoms with Gasteiger partial charge in [-0.05, 0) is 26.7 Å². The van der Waals surface area contributed by atoms with E-state index in [1.54, 1.807) is 18.6 Å². The molecule has 0 aromatic rings. The summed E-state index contributed by atoms with van der Waals surface area (Å²) in [5, 5.41) is 0.960. The third-order valence-corrected chi connectivity index (χ3v) is 3.49. The highest BCUT2D eigenvalue weighted by Crippen LogP contribution is 2.01. The number of alkyl halides is 1. The fourth-order valence-electron chi connectivity index (χ4n) is 1.16. The highest BCUT2D eigenvalue weighted by molar-refractivity contribution is 9.09. The van der Waals surface area contributed by atoms with Crippen molar-refractivity contribution in [3.8, 4) is 0 Å². The second kappa shape index (κ2) is 9.57. The van der Waals surface area contributed by atoms with E-state index in [-0.39, 0.29) is 6.10 Å². The maximum atomic E-state index is 11.4. The second-order valence-electron chi connectivity index (χ2n) is 4.06. The smallest absolute Gasteiger partial charge is 0.422 e. The highest BCUT2D eigenvalue weighted by Gasteiger charge is 2.15. The molecule has 0 spiro atoms. The number of rotatable bonds is 9. The molecular weight excluding hydrogens is 324 g/mol. The van der Waals surface area contributed by atoms with Gasteiger partial charge in [-0.25, -0.2) is 9.52 Å². The SMILES string of the molecule is CC(C)OC(=O)NS(=O)(=O)NCCCCCCBr. The quantitative estimate of drug-likeness (QED) is 0.494. The van der Waals surface area contributed by atoms with Gasteiger partial charge in [0, 0.05) is 11.9 Å². The van der Waals surface area contributed by atoms with E-state index in [0.717, 1.165) is 31.0 Å². The largest absolute Gasteiger partial charge is 0.446 e. The lowest BCUT2D eigenvalue weighted by Crippen LogP contribution is -2.41. The van der Waals surface area contributed by atoms with E-state index in [2.05, 4.69) is 25.4 Å². The van der Waals surface area contributed by atoms with E-state index < -0.39 is 16.3 Å². The van der Waals surface area contributed by atoms with Gasteiger partial charge >= 0.3 is 16.3 Å². The molecule has 0 atom stereocenters. The average molecular weight is 345 g/mol. The van der Waals surface area contributed by atoms with Crippen molar-refractivity contribution in [3.05, 3.63) is 0 Å². The maximum absolute atomic E-state index is 11.4. The zero-order valence-corrected chi connectivity index (χ0v) is 13.1. The van der Waals surface area contributed by atoms with Crippen molar-refractivity contribution in [1.29, 1.82) is 0 Å². The predicted molar refractivity (Wildman–Crippen MR) is 73.9 cm³/mol. The Morgan fingerprint density at radius 1 is 1.22 bits per heavy atom. The van der Waals surface area contributed by atoms with Crippen molar-refractivity contribution in [1.82, 2.24) is 9.44 Å². The Balaban J connectivity index is 3.77. The summed E-state index contributed by atoms with van der Waals surface area (Å²) in [6.45, 7) is 3.60. The molecule has 0 aliphatic rings. The fourth-order valence-corrected chi connectivity index (χ4v) is 2.31. The summed E-state index contributed by atoms with van der Waals surface area (Å²) in [5.74, 6) is 0. The van der Waals surface area contributed by atoms with Gasteiger partial charge in [0.1, 0.15) is 0 Å². The first-order valence-electron chi connectivity index (χ1n) is 5.91. The Bertz CT molecular complexity index is 333. The average Bonchev–Trinajstić information content (AvgIpc) is 2.20. The number of hydrogen-bond donors (Lipinski definition) is 2. The molecule has 0 saturated carbocycles. The number of carbonyl (C=O) groups is 1. The van der Waals surface area contributed by atoms with Gasteiger partial charge in [0.05, 0.1) is 6.10 Å². The molecule has 6 nitrogen and oxygen atoms in total. The third kappa shape index (κ3) is 10.8. The van der Waals surface area contributed by atoms with E-state index in [4.69, 9.17) is 0 Å². The molecule has 0 aliphatic heterocycles. The van der Waals surface area contributed by atoms with Crippen LogP contribution in [0.4, 0.5) is 4.79 Å². The van der Waals surface area contributed by atoms with Crippen LogP contribution >= 0.6 is 15.9 Å². The van der Waals surface area contributed by atoms with Crippen LogP contribution < -0.4 is 9.44 Å². The molecule has 0 aromatic heterocycles. The molecule has 0 radical (unpaired) electrons. The molecule has 2 N–H and O–H groups in total. The number of amides is 1. The predicted octanol–water partition coefficient (Wildman–Crippen LogP) is 1.91. The zero-order valence-electron chi connectivity index (χ0n) is 10.7. The van der Waals surface area contributed by atoms with Crippen molar-refractivity contribution in [2.24, 2.45) is 0 Å². The van der Waals surface area contributed by atoms with Crippen molar-refractivity contribution < 1.29 is 17.9 Å². The summed E-state index contributed by atoms with van der Waals surface area (Å²) in [6, 6.07) is 0. The van der Waals surface area contributed by atoms with E-state index in [1.165, 1.54) is 0 Å². The van der Waals surface area contributed by atoms with Crippen LogP contribution in [0.1, 0.15) is 39.5 Å². The van der Waals surface area contributed by atoms with Crippen LogP contribution in [-0.2, 0) is 14.9 Å². The lowest BCUT2D eigenvalue weighted by molar-refractivity contribution is 0.121. The normalized spacial score (nSPS) is 11.6. The topological polar surface area (TPSA) is 84.5 Å². The summed E-state index contributed by atoms with van der Waals surface area (Å²) in [5.41, 5.74) is 0. The van der Waals surface area contributed by atoms with Crippen LogP contribution in [-0.4, -0.2) is 32.5 Å². The molecule has 0 heterocycles. The highest BCUT2D eigenvalue weighted by atomic mass is 79.9. The minimum atomic E-state index is -3.80. The standard InChI is InChI=1S/C10H21BrN2O4S/c1-9(2)17-10(14)13-18(15,16)12-8-6-4-3-5-7-11/h9,12H,3-8H2,1-2H3,(H,13,14). The number of nitrogens with one attached hydrogen (secondary N) is 2. The van der Waals surface area contributed by atoms with Gasteiger partial charge in [0.25, 0.3) is 0 Å².